The fraction of sp³-hybridized carbons (Fsp3) is 0.310. The Hall–Kier alpha value is -3.08. The van der Waals surface area contributed by atoms with E-state index in [1.807, 2.05) is 0 Å². The molecular weight excluding hydrogens is 406 g/mol. The van der Waals surface area contributed by atoms with E-state index < -0.39 is 0 Å². The van der Waals surface area contributed by atoms with Gasteiger partial charge in [-0.1, -0.05) is 48.5 Å². The summed E-state index contributed by atoms with van der Waals surface area (Å²) in [6.45, 7) is 6.14. The Bertz CT molecular complexity index is 1140. The Labute approximate surface area is 196 Å². The van der Waals surface area contributed by atoms with Gasteiger partial charge in [-0.2, -0.15) is 0 Å². The van der Waals surface area contributed by atoms with Gasteiger partial charge in [0.1, 0.15) is 38.0 Å². The molecule has 1 aliphatic rings. The summed E-state index contributed by atoms with van der Waals surface area (Å²) >= 11 is 0. The number of aryl methyl sites for hydroxylation is 1. The summed E-state index contributed by atoms with van der Waals surface area (Å²) in [5.41, 5.74) is 5.49. The number of quaternary nitrogens is 2. The first-order chi connectivity index (χ1) is 16.3. The van der Waals surface area contributed by atoms with E-state index in [9.17, 15) is 0 Å². The summed E-state index contributed by atoms with van der Waals surface area (Å²) in [6.07, 6.45) is 4.59. The minimum atomic E-state index is 0.380. The number of benzene rings is 3. The number of hydrogen-bond acceptors (Lipinski definition) is 1. The molecule has 2 heterocycles. The number of ether oxygens (including phenoxy) is 1. The van der Waals surface area contributed by atoms with Crippen LogP contribution in [-0.4, -0.2) is 44.8 Å². The Balaban J connectivity index is 1.20. The lowest BCUT2D eigenvalue weighted by Crippen LogP contribution is -3.28. The molecule has 1 fully saturated rings. The molecule has 4 heteroatoms. The largest absolute Gasteiger partial charge is 0.497 e. The molecule has 33 heavy (non-hydrogen) atoms. The predicted molar refractivity (Wildman–Crippen MR) is 134 cm³/mol. The summed E-state index contributed by atoms with van der Waals surface area (Å²) in [5.74, 6) is 0.921. The van der Waals surface area contributed by atoms with Crippen molar-refractivity contribution in [2.24, 2.45) is 0 Å². The van der Waals surface area contributed by atoms with Gasteiger partial charge in [-0.15, -0.1) is 0 Å². The number of aromatic amines is 1. The summed E-state index contributed by atoms with van der Waals surface area (Å²) in [7, 11) is 1.73. The van der Waals surface area contributed by atoms with Crippen molar-refractivity contribution in [3.05, 3.63) is 102 Å². The van der Waals surface area contributed by atoms with Crippen LogP contribution in [0.1, 0.15) is 29.2 Å². The summed E-state index contributed by atoms with van der Waals surface area (Å²) in [4.78, 5) is 6.84. The molecule has 0 saturated carbocycles. The lowest BCUT2D eigenvalue weighted by atomic mass is 9.96. The van der Waals surface area contributed by atoms with Crippen molar-refractivity contribution in [2.45, 2.75) is 18.9 Å². The number of hydrogen-bond donors (Lipinski definition) is 3. The van der Waals surface area contributed by atoms with Crippen LogP contribution in [0.2, 0.25) is 0 Å². The first-order valence-electron chi connectivity index (χ1n) is 12.2. The van der Waals surface area contributed by atoms with E-state index in [1.54, 1.807) is 16.9 Å². The molecule has 1 atom stereocenters. The maximum atomic E-state index is 5.39. The highest BCUT2D eigenvalue weighted by molar-refractivity contribution is 5.82. The number of fused-ring (bicyclic) bond motifs is 1. The van der Waals surface area contributed by atoms with Crippen molar-refractivity contribution in [3.63, 3.8) is 0 Å². The minimum absolute atomic E-state index is 0.380. The fourth-order valence-electron chi connectivity index (χ4n) is 5.44. The van der Waals surface area contributed by atoms with Crippen LogP contribution >= 0.6 is 0 Å². The second-order valence-corrected chi connectivity index (χ2v) is 9.24. The molecule has 3 N–H and O–H groups in total. The van der Waals surface area contributed by atoms with Crippen molar-refractivity contribution >= 4 is 10.9 Å². The quantitative estimate of drug-likeness (QED) is 0.386. The summed E-state index contributed by atoms with van der Waals surface area (Å²) < 4.78 is 5.39. The molecule has 1 aromatic heterocycles. The van der Waals surface area contributed by atoms with E-state index in [0.717, 1.165) is 12.2 Å². The van der Waals surface area contributed by atoms with E-state index in [0.29, 0.717) is 6.04 Å². The van der Waals surface area contributed by atoms with Crippen LogP contribution in [0, 0.1) is 0 Å². The Morgan fingerprint density at radius 3 is 2.27 bits per heavy atom. The van der Waals surface area contributed by atoms with Gasteiger partial charge >= 0.3 is 0 Å². The van der Waals surface area contributed by atoms with Gasteiger partial charge in [-0.05, 0) is 42.3 Å². The van der Waals surface area contributed by atoms with Crippen LogP contribution in [0.15, 0.2) is 85.1 Å². The maximum absolute atomic E-state index is 5.39. The third-order valence-corrected chi connectivity index (χ3v) is 7.24. The molecule has 170 valence electrons. The molecule has 0 amide bonds. The fourth-order valence-corrected chi connectivity index (χ4v) is 5.44. The minimum Gasteiger partial charge on any atom is -0.497 e. The molecule has 0 unspecified atom stereocenters. The predicted octanol–water partition coefficient (Wildman–Crippen LogP) is 2.68. The number of rotatable bonds is 8. The first kappa shape index (κ1) is 21.7. The normalized spacial score (nSPS) is 19.4. The molecule has 1 saturated heterocycles. The number of aromatic nitrogens is 1. The molecule has 1 aliphatic heterocycles. The zero-order valence-corrected chi connectivity index (χ0v) is 19.5. The standard InChI is InChI=1S/C29H33N3O/c1-33-26-15-13-24(14-16-26)29(23-8-3-2-4-9-23)32-20-18-31(19-21-32)17-7-10-25-22-30-28-12-6-5-11-27(25)28/h2-6,8-9,11-16,22,29-30H,7,10,17-21H2,1H3/p+2/t29-/m0/s1. The number of para-hydroxylation sites is 1. The molecule has 0 radical (unpaired) electrons. The lowest BCUT2D eigenvalue weighted by Gasteiger charge is -2.35. The Kier molecular flexibility index (Phi) is 6.75. The second kappa shape index (κ2) is 10.2. The van der Waals surface area contributed by atoms with Crippen LogP contribution in [0.25, 0.3) is 10.9 Å². The molecule has 5 rings (SSSR count). The monoisotopic (exact) mass is 441 g/mol. The first-order valence-corrected chi connectivity index (χ1v) is 12.2. The third kappa shape index (κ3) is 4.97. The van der Waals surface area contributed by atoms with E-state index in [2.05, 4.69) is 90.0 Å². The van der Waals surface area contributed by atoms with Gasteiger partial charge in [0.25, 0.3) is 0 Å². The van der Waals surface area contributed by atoms with Gasteiger partial charge in [-0.3, -0.25) is 0 Å². The van der Waals surface area contributed by atoms with Gasteiger partial charge in [0.15, 0.2) is 0 Å². The highest BCUT2D eigenvalue weighted by atomic mass is 16.5. The van der Waals surface area contributed by atoms with E-state index in [1.165, 1.54) is 66.7 Å². The smallest absolute Gasteiger partial charge is 0.139 e. The second-order valence-electron chi connectivity index (χ2n) is 9.24. The average molecular weight is 442 g/mol. The van der Waals surface area contributed by atoms with Crippen LogP contribution in [0.4, 0.5) is 0 Å². The van der Waals surface area contributed by atoms with Gasteiger partial charge in [0, 0.05) is 34.6 Å². The third-order valence-electron chi connectivity index (χ3n) is 7.24. The Morgan fingerprint density at radius 2 is 1.52 bits per heavy atom. The molecule has 0 spiro atoms. The number of H-pyrrole nitrogens is 1. The molecule has 3 aromatic carbocycles. The van der Waals surface area contributed by atoms with Crippen LogP contribution in [-0.2, 0) is 6.42 Å². The van der Waals surface area contributed by atoms with Crippen molar-refractivity contribution in [2.75, 3.05) is 39.8 Å². The van der Waals surface area contributed by atoms with Gasteiger partial charge in [0.2, 0.25) is 0 Å². The number of nitrogens with one attached hydrogen (secondary N) is 3. The van der Waals surface area contributed by atoms with E-state index in [-0.39, 0.29) is 0 Å². The van der Waals surface area contributed by atoms with Crippen molar-refractivity contribution in [1.82, 2.24) is 4.98 Å². The highest BCUT2D eigenvalue weighted by Gasteiger charge is 2.31. The van der Waals surface area contributed by atoms with Crippen LogP contribution in [0.5, 0.6) is 5.75 Å². The van der Waals surface area contributed by atoms with Crippen LogP contribution in [0.3, 0.4) is 0 Å². The molecule has 4 nitrogen and oxygen atoms in total. The SMILES string of the molecule is COc1ccc([C@H](c2ccccc2)[NH+]2CC[NH+](CCCc3c[nH]c4ccccc34)CC2)cc1. The number of methoxy groups -OCH3 is 1. The van der Waals surface area contributed by atoms with Crippen LogP contribution < -0.4 is 14.5 Å². The Morgan fingerprint density at radius 1 is 0.818 bits per heavy atom. The lowest BCUT2D eigenvalue weighted by molar-refractivity contribution is -1.02. The molecule has 0 bridgehead atoms. The van der Waals surface area contributed by atoms with Gasteiger partial charge in [0.05, 0.1) is 13.7 Å². The summed E-state index contributed by atoms with van der Waals surface area (Å²) in [5, 5.41) is 1.38. The highest BCUT2D eigenvalue weighted by Crippen LogP contribution is 2.22. The zero-order chi connectivity index (χ0) is 22.5. The van der Waals surface area contributed by atoms with Crippen molar-refractivity contribution in [3.8, 4) is 5.75 Å². The van der Waals surface area contributed by atoms with Crippen molar-refractivity contribution < 1.29 is 14.5 Å². The maximum Gasteiger partial charge on any atom is 0.139 e. The topological polar surface area (TPSA) is 33.9 Å². The van der Waals surface area contributed by atoms with Gasteiger partial charge in [-0.25, -0.2) is 0 Å². The summed E-state index contributed by atoms with van der Waals surface area (Å²) in [6, 6.07) is 28.7. The molecular formula is C29H35N3O+2. The molecule has 4 aromatic rings. The van der Waals surface area contributed by atoms with Gasteiger partial charge < -0.3 is 19.5 Å². The average Bonchev–Trinajstić information content (AvgIpc) is 3.29. The molecule has 0 aliphatic carbocycles. The zero-order valence-electron chi connectivity index (χ0n) is 19.5. The van der Waals surface area contributed by atoms with Crippen molar-refractivity contribution in [1.29, 1.82) is 0 Å². The van der Waals surface area contributed by atoms with E-state index in [4.69, 9.17) is 4.74 Å². The number of piperazine rings is 1. The van der Waals surface area contributed by atoms with E-state index >= 15 is 0 Å².